The Labute approximate surface area is 165 Å². The zero-order valence-electron chi connectivity index (χ0n) is 15.9. The smallest absolute Gasteiger partial charge is 0.209 e. The second-order valence-corrected chi connectivity index (χ2v) is 6.26. The first-order chi connectivity index (χ1) is 13.8. The molecule has 0 aliphatic carbocycles. The Kier molecular flexibility index (Phi) is 9.90. The molecule has 2 aromatic rings. The molecule has 0 amide bonds. The van der Waals surface area contributed by atoms with Crippen LogP contribution in [-0.2, 0) is 0 Å². The maximum atomic E-state index is 13.0. The third kappa shape index (κ3) is 8.99. The first kappa shape index (κ1) is 21.2. The van der Waals surface area contributed by atoms with E-state index in [0.717, 1.165) is 44.2 Å². The summed E-state index contributed by atoms with van der Waals surface area (Å²) in [7, 11) is 0. The van der Waals surface area contributed by atoms with Gasteiger partial charge in [-0.1, -0.05) is 31.7 Å². The molecule has 28 heavy (non-hydrogen) atoms. The molecule has 0 aliphatic heterocycles. The van der Waals surface area contributed by atoms with Crippen molar-refractivity contribution in [3.63, 3.8) is 0 Å². The summed E-state index contributed by atoms with van der Waals surface area (Å²) in [5.74, 6) is 0.744. The predicted octanol–water partition coefficient (Wildman–Crippen LogP) is 4.48. The van der Waals surface area contributed by atoms with Gasteiger partial charge in [0.25, 0.3) is 0 Å². The van der Waals surface area contributed by atoms with Gasteiger partial charge < -0.3 is 10.1 Å². The van der Waals surface area contributed by atoms with Crippen LogP contribution in [-0.4, -0.2) is 24.1 Å². The van der Waals surface area contributed by atoms with Crippen LogP contribution in [0.15, 0.2) is 53.8 Å². The van der Waals surface area contributed by atoms with Crippen LogP contribution in [0.3, 0.4) is 0 Å². The highest BCUT2D eigenvalue weighted by Gasteiger charge is 1.99. The number of pyridine rings is 1. The minimum atomic E-state index is -0.274. The first-order valence-electron chi connectivity index (χ1n) is 9.53. The Bertz CT molecular complexity index is 761. The number of unbranched alkanes of at least 4 members (excludes halogenated alkanes) is 5. The lowest BCUT2D eigenvalue weighted by Gasteiger charge is -2.07. The molecule has 1 aromatic heterocycles. The lowest BCUT2D eigenvalue weighted by atomic mass is 10.1. The predicted molar refractivity (Wildman–Crippen MR) is 109 cm³/mol. The maximum Gasteiger partial charge on any atom is 0.209 e. The van der Waals surface area contributed by atoms with Crippen LogP contribution in [0.5, 0.6) is 5.75 Å². The van der Waals surface area contributed by atoms with E-state index in [1.807, 2.05) is 18.3 Å². The van der Waals surface area contributed by atoms with E-state index in [4.69, 9.17) is 10.00 Å². The molecule has 6 nitrogen and oxygen atoms in total. The van der Waals surface area contributed by atoms with E-state index in [-0.39, 0.29) is 5.82 Å². The van der Waals surface area contributed by atoms with Crippen LogP contribution in [0.2, 0.25) is 0 Å². The third-order valence-corrected chi connectivity index (χ3v) is 3.99. The molecule has 0 saturated heterocycles. The number of hydrogen-bond acceptors (Lipinski definition) is 4. The Morgan fingerprint density at radius 2 is 1.93 bits per heavy atom. The van der Waals surface area contributed by atoms with Gasteiger partial charge in [-0.2, -0.15) is 5.26 Å². The summed E-state index contributed by atoms with van der Waals surface area (Å²) >= 11 is 0. The molecule has 148 valence electrons. The molecule has 2 rings (SSSR count). The van der Waals surface area contributed by atoms with E-state index in [2.05, 4.69) is 20.6 Å². The summed E-state index contributed by atoms with van der Waals surface area (Å²) in [5.41, 5.74) is 0.782. The summed E-state index contributed by atoms with van der Waals surface area (Å²) in [6, 6.07) is 9.90. The molecule has 0 fully saturated rings. The molecular formula is C21H26FN5O. The highest BCUT2D eigenvalue weighted by molar-refractivity contribution is 5.94. The number of guanidine groups is 1. The van der Waals surface area contributed by atoms with E-state index >= 15 is 0 Å². The number of nitrogens with zero attached hydrogens (tertiary/aromatic N) is 3. The monoisotopic (exact) mass is 383 g/mol. The van der Waals surface area contributed by atoms with Crippen molar-refractivity contribution in [2.75, 3.05) is 18.5 Å². The van der Waals surface area contributed by atoms with Crippen molar-refractivity contribution in [3.05, 3.63) is 54.6 Å². The Hall–Kier alpha value is -3.14. The van der Waals surface area contributed by atoms with Gasteiger partial charge in [-0.15, -0.1) is 0 Å². The van der Waals surface area contributed by atoms with Crippen molar-refractivity contribution in [1.29, 1.82) is 5.26 Å². The zero-order chi connectivity index (χ0) is 19.9. The third-order valence-electron chi connectivity index (χ3n) is 3.99. The van der Waals surface area contributed by atoms with Gasteiger partial charge in [-0.05, 0) is 37.1 Å². The average molecular weight is 383 g/mol. The van der Waals surface area contributed by atoms with Gasteiger partial charge >= 0.3 is 0 Å². The van der Waals surface area contributed by atoms with Crippen LogP contribution < -0.4 is 15.4 Å². The van der Waals surface area contributed by atoms with Gasteiger partial charge in [0.1, 0.15) is 11.6 Å². The fraction of sp³-hybridized carbons (Fsp3) is 0.381. The topological polar surface area (TPSA) is 82.3 Å². The van der Waals surface area contributed by atoms with Gasteiger partial charge in [0.05, 0.1) is 18.5 Å². The molecule has 0 spiro atoms. The van der Waals surface area contributed by atoms with Gasteiger partial charge in [-0.3, -0.25) is 15.3 Å². The lowest BCUT2D eigenvalue weighted by molar-refractivity contribution is 0.303. The van der Waals surface area contributed by atoms with Crippen molar-refractivity contribution in [2.45, 2.75) is 38.5 Å². The highest BCUT2D eigenvalue weighted by atomic mass is 19.1. The van der Waals surface area contributed by atoms with Gasteiger partial charge in [-0.25, -0.2) is 4.39 Å². The van der Waals surface area contributed by atoms with Crippen LogP contribution in [0.25, 0.3) is 0 Å². The fourth-order valence-corrected chi connectivity index (χ4v) is 2.60. The number of nitrogens with one attached hydrogen (secondary N) is 2. The molecule has 7 heteroatoms. The van der Waals surface area contributed by atoms with Gasteiger partial charge in [0, 0.05) is 18.8 Å². The number of hydrogen-bond donors (Lipinski definition) is 2. The Morgan fingerprint density at radius 3 is 2.68 bits per heavy atom. The molecule has 0 aliphatic rings. The van der Waals surface area contributed by atoms with E-state index in [1.54, 1.807) is 24.5 Å². The molecule has 1 heterocycles. The normalized spacial score (nSPS) is 10.9. The summed E-state index contributed by atoms with van der Waals surface area (Å²) in [6.07, 6.45) is 11.6. The summed E-state index contributed by atoms with van der Waals surface area (Å²) < 4.78 is 18.6. The number of aromatic nitrogens is 1. The van der Waals surface area contributed by atoms with Crippen LogP contribution >= 0.6 is 0 Å². The van der Waals surface area contributed by atoms with Crippen molar-refractivity contribution < 1.29 is 9.13 Å². The number of ether oxygens (including phenoxy) is 1. The van der Waals surface area contributed by atoms with E-state index in [0.29, 0.717) is 24.9 Å². The minimum absolute atomic E-state index is 0.274. The van der Waals surface area contributed by atoms with Crippen molar-refractivity contribution in [3.8, 4) is 11.9 Å². The van der Waals surface area contributed by atoms with E-state index < -0.39 is 0 Å². The van der Waals surface area contributed by atoms with E-state index in [9.17, 15) is 4.39 Å². The molecule has 0 saturated carbocycles. The van der Waals surface area contributed by atoms with Gasteiger partial charge in [0.15, 0.2) is 6.19 Å². The second kappa shape index (κ2) is 13.1. The Balaban J connectivity index is 1.51. The molecule has 1 aromatic carbocycles. The van der Waals surface area contributed by atoms with Crippen molar-refractivity contribution >= 4 is 11.6 Å². The van der Waals surface area contributed by atoms with Crippen molar-refractivity contribution in [1.82, 2.24) is 10.3 Å². The fourth-order valence-electron chi connectivity index (χ4n) is 2.60. The molecular weight excluding hydrogens is 357 g/mol. The molecule has 0 atom stereocenters. The highest BCUT2D eigenvalue weighted by Crippen LogP contribution is 2.13. The number of nitriles is 1. The average Bonchev–Trinajstić information content (AvgIpc) is 2.70. The van der Waals surface area contributed by atoms with Crippen molar-refractivity contribution in [2.24, 2.45) is 4.99 Å². The molecule has 0 radical (unpaired) electrons. The molecule has 2 N–H and O–H groups in total. The number of anilines is 1. The summed E-state index contributed by atoms with van der Waals surface area (Å²) in [5, 5.41) is 14.4. The number of halogens is 1. The lowest BCUT2D eigenvalue weighted by Crippen LogP contribution is -2.27. The van der Waals surface area contributed by atoms with E-state index in [1.165, 1.54) is 12.1 Å². The summed E-state index contributed by atoms with van der Waals surface area (Å²) in [6.45, 7) is 1.26. The number of benzene rings is 1. The number of rotatable bonds is 11. The van der Waals surface area contributed by atoms with Crippen LogP contribution in [0, 0.1) is 17.3 Å². The number of aliphatic imine (C=N–C) groups is 1. The zero-order valence-corrected chi connectivity index (χ0v) is 15.9. The Morgan fingerprint density at radius 1 is 1.11 bits per heavy atom. The SMILES string of the molecule is N#CNC(=NCCCCCCCCOc1cccc(F)c1)Nc1cccnc1. The molecule has 0 unspecified atom stereocenters. The van der Waals surface area contributed by atoms with Gasteiger partial charge in [0.2, 0.25) is 5.96 Å². The largest absolute Gasteiger partial charge is 0.493 e. The second-order valence-electron chi connectivity index (χ2n) is 6.26. The first-order valence-corrected chi connectivity index (χ1v) is 9.53. The van der Waals surface area contributed by atoms with Crippen LogP contribution in [0.1, 0.15) is 38.5 Å². The summed E-state index contributed by atoms with van der Waals surface area (Å²) in [4.78, 5) is 8.41. The molecule has 0 bridgehead atoms. The quantitative estimate of drug-likeness (QED) is 0.197. The standard InChI is InChI=1S/C21H26FN5O/c22-18-9-7-11-20(15-18)28-14-6-4-2-1-3-5-13-25-21(26-17-23)27-19-10-8-12-24-16-19/h7-12,15-16H,1-6,13-14H2,(H2,25,26,27). The maximum absolute atomic E-state index is 13.0. The minimum Gasteiger partial charge on any atom is -0.493 e. The van der Waals surface area contributed by atoms with Crippen LogP contribution in [0.4, 0.5) is 10.1 Å².